The van der Waals surface area contributed by atoms with Crippen LogP contribution in [0.2, 0.25) is 0 Å². The quantitative estimate of drug-likeness (QED) is 0.944. The molecule has 21 heavy (non-hydrogen) atoms. The van der Waals surface area contributed by atoms with E-state index in [0.29, 0.717) is 11.7 Å². The average molecular weight is 307 g/mol. The Hall–Kier alpha value is -1.24. The van der Waals surface area contributed by atoms with E-state index >= 15 is 0 Å². The molecule has 5 nitrogen and oxygen atoms in total. The molecule has 0 amide bonds. The van der Waals surface area contributed by atoms with Gasteiger partial charge in [0.1, 0.15) is 12.1 Å². The number of nitrogens with zero attached hydrogens (tertiary/aromatic N) is 2. The summed E-state index contributed by atoms with van der Waals surface area (Å²) in [5.41, 5.74) is 1.18. The first kappa shape index (κ1) is 14.7. The van der Waals surface area contributed by atoms with Crippen molar-refractivity contribution < 1.29 is 9.26 Å². The summed E-state index contributed by atoms with van der Waals surface area (Å²) in [6.45, 7) is 7.25. The summed E-state index contributed by atoms with van der Waals surface area (Å²) in [7, 11) is 1.68. The highest BCUT2D eigenvalue weighted by atomic mass is 32.1. The van der Waals surface area contributed by atoms with Crippen LogP contribution in [0.15, 0.2) is 16.0 Å². The topological polar surface area (TPSA) is 60.2 Å². The third kappa shape index (κ3) is 2.75. The van der Waals surface area contributed by atoms with Gasteiger partial charge in [-0.15, -0.1) is 11.3 Å². The first-order chi connectivity index (χ1) is 10.0. The van der Waals surface area contributed by atoms with E-state index in [-0.39, 0.29) is 17.6 Å². The van der Waals surface area contributed by atoms with E-state index in [9.17, 15) is 0 Å². The van der Waals surface area contributed by atoms with Crippen molar-refractivity contribution in [3.05, 3.63) is 33.6 Å². The first-order valence-corrected chi connectivity index (χ1v) is 8.04. The van der Waals surface area contributed by atoms with Crippen molar-refractivity contribution in [1.29, 1.82) is 0 Å². The number of thiophene rings is 1. The highest BCUT2D eigenvalue weighted by Crippen LogP contribution is 2.36. The van der Waals surface area contributed by atoms with E-state index in [1.807, 2.05) is 0 Å². The standard InChI is InChI=1S/C15H21N3O2S/c1-15(2,3)12(19-4)13-17-14(20-18-13)11-9-6-8-21-10(9)5-7-16-11/h6,8,11-12,16H,5,7H2,1-4H3. The van der Waals surface area contributed by atoms with Gasteiger partial charge in [-0.05, 0) is 28.8 Å². The summed E-state index contributed by atoms with van der Waals surface area (Å²) < 4.78 is 11.1. The second-order valence-corrected chi connectivity index (χ2v) is 7.41. The molecule has 0 spiro atoms. The molecule has 0 bridgehead atoms. The number of fused-ring (bicyclic) bond motifs is 1. The van der Waals surface area contributed by atoms with Gasteiger partial charge in [-0.1, -0.05) is 25.9 Å². The van der Waals surface area contributed by atoms with Crippen molar-refractivity contribution in [2.45, 2.75) is 39.3 Å². The Labute approximate surface area is 128 Å². The SMILES string of the molecule is COC(c1noc(C2NCCc3sccc32)n1)C(C)(C)C. The fraction of sp³-hybridized carbons (Fsp3) is 0.600. The van der Waals surface area contributed by atoms with Crippen LogP contribution in [0.25, 0.3) is 0 Å². The molecule has 2 atom stereocenters. The van der Waals surface area contributed by atoms with Gasteiger partial charge in [-0.3, -0.25) is 0 Å². The zero-order chi connectivity index (χ0) is 15.0. The molecular weight excluding hydrogens is 286 g/mol. The number of ether oxygens (including phenoxy) is 1. The lowest BCUT2D eigenvalue weighted by molar-refractivity contribution is 0.00718. The van der Waals surface area contributed by atoms with Crippen LogP contribution in [-0.2, 0) is 11.2 Å². The van der Waals surface area contributed by atoms with Crippen molar-refractivity contribution in [2.24, 2.45) is 5.41 Å². The van der Waals surface area contributed by atoms with Crippen LogP contribution in [0.5, 0.6) is 0 Å². The zero-order valence-corrected chi connectivity index (χ0v) is 13.7. The molecule has 0 saturated carbocycles. The fourth-order valence-electron chi connectivity index (χ4n) is 2.79. The normalized spacial score (nSPS) is 20.3. The molecule has 3 heterocycles. The summed E-state index contributed by atoms with van der Waals surface area (Å²) in [5, 5.41) is 9.72. The molecule has 1 N–H and O–H groups in total. The van der Waals surface area contributed by atoms with E-state index in [4.69, 9.17) is 9.26 Å². The molecule has 3 rings (SSSR count). The van der Waals surface area contributed by atoms with Crippen molar-refractivity contribution in [3.8, 4) is 0 Å². The van der Waals surface area contributed by atoms with Gasteiger partial charge in [0.15, 0.2) is 0 Å². The number of rotatable bonds is 3. The lowest BCUT2D eigenvalue weighted by Gasteiger charge is -2.26. The van der Waals surface area contributed by atoms with Crippen molar-refractivity contribution in [1.82, 2.24) is 15.5 Å². The molecule has 0 aromatic carbocycles. The van der Waals surface area contributed by atoms with E-state index < -0.39 is 0 Å². The molecule has 2 aromatic rings. The Morgan fingerprint density at radius 3 is 3.00 bits per heavy atom. The van der Waals surface area contributed by atoms with E-state index in [0.717, 1.165) is 13.0 Å². The van der Waals surface area contributed by atoms with E-state index in [2.05, 4.69) is 47.7 Å². The molecule has 0 saturated heterocycles. The summed E-state index contributed by atoms with van der Waals surface area (Å²) >= 11 is 1.79. The molecule has 2 unspecified atom stereocenters. The Balaban J connectivity index is 1.90. The number of aromatic nitrogens is 2. The molecule has 1 aliphatic heterocycles. The van der Waals surface area contributed by atoms with Crippen molar-refractivity contribution in [3.63, 3.8) is 0 Å². The van der Waals surface area contributed by atoms with Gasteiger partial charge in [0, 0.05) is 18.5 Å². The van der Waals surface area contributed by atoms with Crippen LogP contribution in [-0.4, -0.2) is 23.8 Å². The van der Waals surface area contributed by atoms with Gasteiger partial charge >= 0.3 is 0 Å². The second kappa shape index (κ2) is 5.51. The van der Waals surface area contributed by atoms with Crippen molar-refractivity contribution >= 4 is 11.3 Å². The summed E-state index contributed by atoms with van der Waals surface area (Å²) in [6.07, 6.45) is 0.883. The van der Waals surface area contributed by atoms with Crippen LogP contribution in [0, 0.1) is 5.41 Å². The highest BCUT2D eigenvalue weighted by Gasteiger charge is 2.33. The number of methoxy groups -OCH3 is 1. The minimum Gasteiger partial charge on any atom is -0.373 e. The predicted molar refractivity (Wildman–Crippen MR) is 81.4 cm³/mol. The maximum absolute atomic E-state index is 5.55. The molecule has 6 heteroatoms. The fourth-order valence-corrected chi connectivity index (χ4v) is 3.71. The Morgan fingerprint density at radius 2 is 2.29 bits per heavy atom. The smallest absolute Gasteiger partial charge is 0.248 e. The predicted octanol–water partition coefficient (Wildman–Crippen LogP) is 3.10. The third-order valence-corrected chi connectivity index (χ3v) is 4.75. The minimum atomic E-state index is -0.180. The van der Waals surface area contributed by atoms with Crippen LogP contribution in [0.3, 0.4) is 0 Å². The van der Waals surface area contributed by atoms with Crippen LogP contribution in [0.4, 0.5) is 0 Å². The van der Waals surface area contributed by atoms with Crippen molar-refractivity contribution in [2.75, 3.05) is 13.7 Å². The van der Waals surface area contributed by atoms with Gasteiger partial charge in [0.05, 0.1) is 0 Å². The van der Waals surface area contributed by atoms with Crippen LogP contribution >= 0.6 is 11.3 Å². The number of hydrogen-bond donors (Lipinski definition) is 1. The monoisotopic (exact) mass is 307 g/mol. The summed E-state index contributed by atoms with van der Waals surface area (Å²) in [4.78, 5) is 5.99. The van der Waals surface area contributed by atoms with E-state index in [1.54, 1.807) is 18.4 Å². The maximum Gasteiger partial charge on any atom is 0.248 e. The maximum atomic E-state index is 5.55. The number of nitrogens with one attached hydrogen (secondary N) is 1. The lowest BCUT2D eigenvalue weighted by atomic mass is 9.88. The third-order valence-electron chi connectivity index (χ3n) is 3.75. The minimum absolute atomic E-state index is 0.00118. The first-order valence-electron chi connectivity index (χ1n) is 7.16. The second-order valence-electron chi connectivity index (χ2n) is 6.41. The molecule has 0 aliphatic carbocycles. The average Bonchev–Trinajstić information content (AvgIpc) is 3.05. The molecule has 1 aliphatic rings. The van der Waals surface area contributed by atoms with Crippen LogP contribution in [0.1, 0.15) is 55.1 Å². The van der Waals surface area contributed by atoms with Gasteiger partial charge < -0.3 is 14.6 Å². The molecular formula is C15H21N3O2S. The number of hydrogen-bond acceptors (Lipinski definition) is 6. The molecule has 0 radical (unpaired) electrons. The zero-order valence-electron chi connectivity index (χ0n) is 12.8. The molecule has 114 valence electrons. The largest absolute Gasteiger partial charge is 0.373 e. The highest BCUT2D eigenvalue weighted by molar-refractivity contribution is 7.10. The van der Waals surface area contributed by atoms with Gasteiger partial charge in [-0.25, -0.2) is 0 Å². The van der Waals surface area contributed by atoms with Gasteiger partial charge in [-0.2, -0.15) is 4.98 Å². The summed E-state index contributed by atoms with van der Waals surface area (Å²) in [5.74, 6) is 1.24. The Bertz CT molecular complexity index is 614. The summed E-state index contributed by atoms with van der Waals surface area (Å²) in [6, 6.07) is 2.14. The van der Waals surface area contributed by atoms with E-state index in [1.165, 1.54) is 10.4 Å². The lowest BCUT2D eigenvalue weighted by Crippen LogP contribution is -2.29. The molecule has 2 aromatic heterocycles. The molecule has 0 fully saturated rings. The Kier molecular flexibility index (Phi) is 3.86. The van der Waals surface area contributed by atoms with Crippen LogP contribution < -0.4 is 5.32 Å². The van der Waals surface area contributed by atoms with Gasteiger partial charge in [0.2, 0.25) is 11.7 Å². The van der Waals surface area contributed by atoms with Gasteiger partial charge in [0.25, 0.3) is 0 Å². The Morgan fingerprint density at radius 1 is 1.48 bits per heavy atom.